The average molecular weight is 277 g/mol. The van der Waals surface area contributed by atoms with Gasteiger partial charge in [0.25, 0.3) is 0 Å². The Morgan fingerprint density at radius 3 is 2.95 bits per heavy atom. The maximum Gasteiger partial charge on any atom is 0.213 e. The zero-order chi connectivity index (χ0) is 14.4. The van der Waals surface area contributed by atoms with Crippen LogP contribution in [0, 0.1) is 5.92 Å². The molecule has 2 rings (SSSR count). The minimum Gasteiger partial charge on any atom is -0.478 e. The summed E-state index contributed by atoms with van der Waals surface area (Å²) in [5, 5.41) is 3.58. The molecular weight excluding hydrogens is 250 g/mol. The lowest BCUT2D eigenvalue weighted by molar-refractivity contribution is 0.172. The molecule has 4 nitrogen and oxygen atoms in total. The van der Waals surface area contributed by atoms with Gasteiger partial charge in [-0.25, -0.2) is 4.98 Å². The summed E-state index contributed by atoms with van der Waals surface area (Å²) in [7, 11) is 0. The van der Waals surface area contributed by atoms with Gasteiger partial charge in [0, 0.05) is 18.7 Å². The SMILES string of the molecule is CCOc1ccc(NC(C)C2CCCN(CC)C2)cn1. The fourth-order valence-electron chi connectivity index (χ4n) is 2.87. The number of piperidine rings is 1. The molecule has 2 heterocycles. The van der Waals surface area contributed by atoms with Gasteiger partial charge in [0.15, 0.2) is 0 Å². The number of aromatic nitrogens is 1. The van der Waals surface area contributed by atoms with Crippen molar-refractivity contribution in [2.45, 2.75) is 39.7 Å². The first-order chi connectivity index (χ1) is 9.72. The lowest BCUT2D eigenvalue weighted by atomic mass is 9.91. The molecule has 1 saturated heterocycles. The second-order valence-corrected chi connectivity index (χ2v) is 5.55. The summed E-state index contributed by atoms with van der Waals surface area (Å²) in [5.41, 5.74) is 1.08. The quantitative estimate of drug-likeness (QED) is 0.867. The first kappa shape index (κ1) is 15.1. The summed E-state index contributed by atoms with van der Waals surface area (Å²) in [6, 6.07) is 4.45. The Morgan fingerprint density at radius 1 is 1.45 bits per heavy atom. The predicted octanol–water partition coefficient (Wildman–Crippen LogP) is 3.01. The van der Waals surface area contributed by atoms with Gasteiger partial charge in [-0.3, -0.25) is 0 Å². The van der Waals surface area contributed by atoms with E-state index in [9.17, 15) is 0 Å². The molecule has 1 aliphatic rings. The Hall–Kier alpha value is -1.29. The molecule has 0 amide bonds. The van der Waals surface area contributed by atoms with Crippen LogP contribution in [0.2, 0.25) is 0 Å². The van der Waals surface area contributed by atoms with Crippen LogP contribution in [0.5, 0.6) is 5.88 Å². The number of ether oxygens (including phenoxy) is 1. The Balaban J connectivity index is 1.88. The van der Waals surface area contributed by atoms with Crippen LogP contribution >= 0.6 is 0 Å². The third kappa shape index (κ3) is 4.10. The molecule has 1 aliphatic heterocycles. The second kappa shape index (κ2) is 7.48. The second-order valence-electron chi connectivity index (χ2n) is 5.55. The van der Waals surface area contributed by atoms with Gasteiger partial charge < -0.3 is 15.0 Å². The summed E-state index contributed by atoms with van der Waals surface area (Å²) in [6.45, 7) is 10.8. The van der Waals surface area contributed by atoms with Crippen LogP contribution in [-0.4, -0.2) is 42.2 Å². The number of rotatable bonds is 6. The van der Waals surface area contributed by atoms with Crippen molar-refractivity contribution in [2.75, 3.05) is 31.6 Å². The van der Waals surface area contributed by atoms with Crippen LogP contribution in [0.4, 0.5) is 5.69 Å². The molecule has 0 aliphatic carbocycles. The number of nitrogens with zero attached hydrogens (tertiary/aromatic N) is 2. The molecule has 0 bridgehead atoms. The highest BCUT2D eigenvalue weighted by atomic mass is 16.5. The number of anilines is 1. The minimum atomic E-state index is 0.476. The van der Waals surface area contributed by atoms with Crippen molar-refractivity contribution in [3.63, 3.8) is 0 Å². The fraction of sp³-hybridized carbons (Fsp3) is 0.688. The molecule has 0 saturated carbocycles. The maximum absolute atomic E-state index is 5.37. The van der Waals surface area contributed by atoms with Gasteiger partial charge in [0.05, 0.1) is 18.5 Å². The van der Waals surface area contributed by atoms with Crippen LogP contribution < -0.4 is 10.1 Å². The largest absolute Gasteiger partial charge is 0.478 e. The van der Waals surface area contributed by atoms with Crippen molar-refractivity contribution >= 4 is 5.69 Å². The third-order valence-corrected chi connectivity index (χ3v) is 4.12. The van der Waals surface area contributed by atoms with Crippen molar-refractivity contribution in [1.29, 1.82) is 0 Å². The number of hydrogen-bond acceptors (Lipinski definition) is 4. The number of nitrogens with one attached hydrogen (secondary N) is 1. The Labute approximate surface area is 122 Å². The summed E-state index contributed by atoms with van der Waals surface area (Å²) < 4.78 is 5.37. The average Bonchev–Trinajstić information content (AvgIpc) is 2.49. The standard InChI is InChI=1S/C16H27N3O/c1-4-19-10-6-7-14(12-19)13(3)18-15-8-9-16(17-11-15)20-5-2/h8-9,11,13-14,18H,4-7,10,12H2,1-3H3. The smallest absolute Gasteiger partial charge is 0.213 e. The van der Waals surface area contributed by atoms with Gasteiger partial charge in [0.1, 0.15) is 0 Å². The molecule has 1 fully saturated rings. The summed E-state index contributed by atoms with van der Waals surface area (Å²) in [5.74, 6) is 1.41. The minimum absolute atomic E-state index is 0.476. The normalized spacial score (nSPS) is 21.4. The van der Waals surface area contributed by atoms with E-state index < -0.39 is 0 Å². The van der Waals surface area contributed by atoms with Gasteiger partial charge >= 0.3 is 0 Å². The highest BCUT2D eigenvalue weighted by molar-refractivity contribution is 5.43. The van der Waals surface area contributed by atoms with Crippen LogP contribution in [0.25, 0.3) is 0 Å². The van der Waals surface area contributed by atoms with Crippen molar-refractivity contribution in [3.05, 3.63) is 18.3 Å². The van der Waals surface area contributed by atoms with Crippen LogP contribution in [-0.2, 0) is 0 Å². The molecule has 112 valence electrons. The third-order valence-electron chi connectivity index (χ3n) is 4.12. The molecule has 1 aromatic rings. The van der Waals surface area contributed by atoms with E-state index in [1.807, 2.05) is 19.2 Å². The van der Waals surface area contributed by atoms with Gasteiger partial charge in [-0.05, 0) is 51.8 Å². The first-order valence-electron chi connectivity index (χ1n) is 7.80. The topological polar surface area (TPSA) is 37.4 Å². The molecular formula is C16H27N3O. The predicted molar refractivity (Wildman–Crippen MR) is 83.3 cm³/mol. The molecule has 2 atom stereocenters. The zero-order valence-electron chi connectivity index (χ0n) is 12.9. The Bertz CT molecular complexity index is 393. The van der Waals surface area contributed by atoms with E-state index in [1.165, 1.54) is 25.9 Å². The van der Waals surface area contributed by atoms with E-state index >= 15 is 0 Å². The van der Waals surface area contributed by atoms with E-state index in [-0.39, 0.29) is 0 Å². The molecule has 1 aromatic heterocycles. The van der Waals surface area contributed by atoms with Gasteiger partial charge in [-0.15, -0.1) is 0 Å². The molecule has 0 aromatic carbocycles. The number of likely N-dealkylation sites (tertiary alicyclic amines) is 1. The number of pyridine rings is 1. The van der Waals surface area contributed by atoms with Gasteiger partial charge in [-0.1, -0.05) is 6.92 Å². The highest BCUT2D eigenvalue weighted by Crippen LogP contribution is 2.22. The Morgan fingerprint density at radius 2 is 2.30 bits per heavy atom. The Kier molecular flexibility index (Phi) is 5.65. The molecule has 2 unspecified atom stereocenters. The van der Waals surface area contributed by atoms with E-state index in [4.69, 9.17) is 4.74 Å². The van der Waals surface area contributed by atoms with Crippen molar-refractivity contribution in [3.8, 4) is 5.88 Å². The number of hydrogen-bond donors (Lipinski definition) is 1. The molecule has 0 radical (unpaired) electrons. The summed E-state index contributed by atoms with van der Waals surface area (Å²) >= 11 is 0. The van der Waals surface area contributed by atoms with Crippen molar-refractivity contribution < 1.29 is 4.74 Å². The van der Waals surface area contributed by atoms with Gasteiger partial charge in [-0.2, -0.15) is 0 Å². The lowest BCUT2D eigenvalue weighted by Gasteiger charge is -2.35. The summed E-state index contributed by atoms with van der Waals surface area (Å²) in [4.78, 5) is 6.85. The van der Waals surface area contributed by atoms with E-state index in [0.29, 0.717) is 18.5 Å². The van der Waals surface area contributed by atoms with Crippen LogP contribution in [0.15, 0.2) is 18.3 Å². The monoisotopic (exact) mass is 277 g/mol. The molecule has 20 heavy (non-hydrogen) atoms. The molecule has 0 spiro atoms. The van der Waals surface area contributed by atoms with Crippen LogP contribution in [0.1, 0.15) is 33.6 Å². The van der Waals surface area contributed by atoms with E-state index in [1.54, 1.807) is 0 Å². The molecule has 4 heteroatoms. The van der Waals surface area contributed by atoms with E-state index in [2.05, 4.69) is 35.1 Å². The van der Waals surface area contributed by atoms with Crippen molar-refractivity contribution in [2.24, 2.45) is 5.92 Å². The maximum atomic E-state index is 5.37. The highest BCUT2D eigenvalue weighted by Gasteiger charge is 2.23. The van der Waals surface area contributed by atoms with Gasteiger partial charge in [0.2, 0.25) is 5.88 Å². The zero-order valence-corrected chi connectivity index (χ0v) is 12.9. The lowest BCUT2D eigenvalue weighted by Crippen LogP contribution is -2.41. The van der Waals surface area contributed by atoms with Crippen molar-refractivity contribution in [1.82, 2.24) is 9.88 Å². The summed E-state index contributed by atoms with van der Waals surface area (Å²) in [6.07, 6.45) is 4.49. The first-order valence-corrected chi connectivity index (χ1v) is 7.80. The van der Waals surface area contributed by atoms with Crippen LogP contribution in [0.3, 0.4) is 0 Å². The van der Waals surface area contributed by atoms with E-state index in [0.717, 1.165) is 18.2 Å². The fourth-order valence-corrected chi connectivity index (χ4v) is 2.87. The molecule has 1 N–H and O–H groups in total.